The molecule has 112 valence electrons. The van der Waals surface area contributed by atoms with E-state index in [2.05, 4.69) is 46.3 Å². The van der Waals surface area contributed by atoms with Crippen molar-refractivity contribution in [3.8, 4) is 5.75 Å². The van der Waals surface area contributed by atoms with Crippen LogP contribution < -0.4 is 10.5 Å². The van der Waals surface area contributed by atoms with Gasteiger partial charge in [-0.25, -0.2) is 0 Å². The number of ether oxygens (including phenoxy) is 1. The first-order chi connectivity index (χ1) is 10.1. The highest BCUT2D eigenvalue weighted by molar-refractivity contribution is 9.10. The maximum absolute atomic E-state index is 5.97. The highest BCUT2D eigenvalue weighted by Gasteiger charge is 2.11. The van der Waals surface area contributed by atoms with Gasteiger partial charge in [-0.15, -0.1) is 0 Å². The first kappa shape index (κ1) is 16.1. The molecule has 0 aliphatic heterocycles. The Labute approximate surface area is 135 Å². The molecule has 0 bridgehead atoms. The molecule has 0 aliphatic rings. The van der Waals surface area contributed by atoms with Crippen molar-refractivity contribution in [2.45, 2.75) is 32.3 Å². The molecular weight excluding hydrogens is 326 g/mol. The quantitative estimate of drug-likeness (QED) is 0.833. The van der Waals surface area contributed by atoms with E-state index in [0.717, 1.165) is 16.6 Å². The molecular formula is C18H22BrNO. The van der Waals surface area contributed by atoms with Crippen LogP contribution in [0.4, 0.5) is 0 Å². The maximum Gasteiger partial charge on any atom is 0.119 e. The second-order valence-electron chi connectivity index (χ2n) is 5.51. The molecule has 1 atom stereocenters. The Hall–Kier alpha value is -1.32. The Morgan fingerprint density at radius 3 is 2.52 bits per heavy atom. The SMILES string of the molecule is CC(C)Oc1cccc(CC(CN)c2cccc(Br)c2)c1. The lowest BCUT2D eigenvalue weighted by atomic mass is 9.92. The molecule has 0 radical (unpaired) electrons. The van der Waals surface area contributed by atoms with Crippen LogP contribution in [0.15, 0.2) is 53.0 Å². The van der Waals surface area contributed by atoms with Crippen LogP contribution in [0.2, 0.25) is 0 Å². The fourth-order valence-corrected chi connectivity index (χ4v) is 2.82. The van der Waals surface area contributed by atoms with E-state index >= 15 is 0 Å². The Morgan fingerprint density at radius 1 is 1.10 bits per heavy atom. The second-order valence-corrected chi connectivity index (χ2v) is 6.42. The van der Waals surface area contributed by atoms with Crippen molar-refractivity contribution >= 4 is 15.9 Å². The van der Waals surface area contributed by atoms with Gasteiger partial charge >= 0.3 is 0 Å². The van der Waals surface area contributed by atoms with E-state index in [-0.39, 0.29) is 6.10 Å². The van der Waals surface area contributed by atoms with Crippen LogP contribution in [0.5, 0.6) is 5.75 Å². The van der Waals surface area contributed by atoms with E-state index in [1.807, 2.05) is 32.0 Å². The lowest BCUT2D eigenvalue weighted by Gasteiger charge is -2.17. The monoisotopic (exact) mass is 347 g/mol. The average Bonchev–Trinajstić information content (AvgIpc) is 2.44. The highest BCUT2D eigenvalue weighted by atomic mass is 79.9. The summed E-state index contributed by atoms with van der Waals surface area (Å²) in [6.07, 6.45) is 1.11. The minimum Gasteiger partial charge on any atom is -0.491 e. The first-order valence-electron chi connectivity index (χ1n) is 7.29. The van der Waals surface area contributed by atoms with Gasteiger partial charge in [0.05, 0.1) is 6.10 Å². The molecule has 3 heteroatoms. The molecule has 0 amide bonds. The molecule has 2 aromatic rings. The number of hydrogen-bond acceptors (Lipinski definition) is 2. The summed E-state index contributed by atoms with van der Waals surface area (Å²) < 4.78 is 6.85. The van der Waals surface area contributed by atoms with E-state index in [9.17, 15) is 0 Å². The molecule has 2 aromatic carbocycles. The van der Waals surface area contributed by atoms with Gasteiger partial charge in [-0.1, -0.05) is 40.2 Å². The zero-order chi connectivity index (χ0) is 15.2. The minimum atomic E-state index is 0.190. The summed E-state index contributed by atoms with van der Waals surface area (Å²) in [5.41, 5.74) is 8.49. The largest absolute Gasteiger partial charge is 0.491 e. The van der Waals surface area contributed by atoms with Crippen LogP contribution in [-0.2, 0) is 6.42 Å². The number of hydrogen-bond donors (Lipinski definition) is 1. The highest BCUT2D eigenvalue weighted by Crippen LogP contribution is 2.25. The Bertz CT molecular complexity index is 583. The van der Waals surface area contributed by atoms with Crippen molar-refractivity contribution in [2.24, 2.45) is 5.73 Å². The normalized spacial score (nSPS) is 12.4. The molecule has 2 N–H and O–H groups in total. The third-order valence-corrected chi connectivity index (χ3v) is 3.85. The minimum absolute atomic E-state index is 0.190. The molecule has 1 unspecified atom stereocenters. The van der Waals surface area contributed by atoms with E-state index in [4.69, 9.17) is 10.5 Å². The summed E-state index contributed by atoms with van der Waals surface area (Å²) >= 11 is 3.52. The van der Waals surface area contributed by atoms with Crippen LogP contribution in [0.3, 0.4) is 0 Å². The molecule has 0 saturated heterocycles. The molecule has 0 heterocycles. The Kier molecular flexibility index (Phi) is 5.83. The fraction of sp³-hybridized carbons (Fsp3) is 0.333. The summed E-state index contributed by atoms with van der Waals surface area (Å²) in [4.78, 5) is 0. The van der Waals surface area contributed by atoms with Gasteiger partial charge in [0.25, 0.3) is 0 Å². The molecule has 2 rings (SSSR count). The van der Waals surface area contributed by atoms with Crippen molar-refractivity contribution in [1.29, 1.82) is 0 Å². The van der Waals surface area contributed by atoms with Gasteiger partial charge in [-0.2, -0.15) is 0 Å². The van der Waals surface area contributed by atoms with Crippen LogP contribution in [0.1, 0.15) is 30.9 Å². The van der Waals surface area contributed by atoms with Crippen LogP contribution in [0.25, 0.3) is 0 Å². The van der Waals surface area contributed by atoms with Crippen LogP contribution in [0, 0.1) is 0 Å². The van der Waals surface area contributed by atoms with Crippen molar-refractivity contribution in [2.75, 3.05) is 6.54 Å². The number of rotatable bonds is 6. The van der Waals surface area contributed by atoms with E-state index < -0.39 is 0 Å². The Balaban J connectivity index is 2.15. The molecule has 21 heavy (non-hydrogen) atoms. The fourth-order valence-electron chi connectivity index (χ4n) is 2.40. The molecule has 0 fully saturated rings. The van der Waals surface area contributed by atoms with Crippen molar-refractivity contribution in [3.05, 3.63) is 64.1 Å². The van der Waals surface area contributed by atoms with Crippen molar-refractivity contribution in [3.63, 3.8) is 0 Å². The van der Waals surface area contributed by atoms with Gasteiger partial charge in [0.1, 0.15) is 5.75 Å². The third-order valence-electron chi connectivity index (χ3n) is 3.36. The average molecular weight is 348 g/mol. The van der Waals surface area contributed by atoms with E-state index in [0.29, 0.717) is 12.5 Å². The first-order valence-corrected chi connectivity index (χ1v) is 8.09. The third kappa shape index (κ3) is 4.87. The zero-order valence-electron chi connectivity index (χ0n) is 12.6. The molecule has 0 saturated carbocycles. The number of halogens is 1. The van der Waals surface area contributed by atoms with Gasteiger partial charge in [0.2, 0.25) is 0 Å². The zero-order valence-corrected chi connectivity index (χ0v) is 14.1. The smallest absolute Gasteiger partial charge is 0.119 e. The van der Waals surface area contributed by atoms with E-state index in [1.165, 1.54) is 11.1 Å². The summed E-state index contributed by atoms with van der Waals surface area (Å²) in [6.45, 7) is 4.71. The number of benzene rings is 2. The lowest BCUT2D eigenvalue weighted by Crippen LogP contribution is -2.15. The van der Waals surface area contributed by atoms with Crippen LogP contribution in [-0.4, -0.2) is 12.6 Å². The Morgan fingerprint density at radius 2 is 1.86 bits per heavy atom. The van der Waals surface area contributed by atoms with E-state index in [1.54, 1.807) is 0 Å². The van der Waals surface area contributed by atoms with Gasteiger partial charge in [-0.05, 0) is 62.2 Å². The summed E-state index contributed by atoms with van der Waals surface area (Å²) in [6, 6.07) is 16.7. The van der Waals surface area contributed by atoms with Gasteiger partial charge in [0, 0.05) is 10.4 Å². The van der Waals surface area contributed by atoms with Gasteiger partial charge < -0.3 is 10.5 Å². The van der Waals surface area contributed by atoms with Gasteiger partial charge in [0.15, 0.2) is 0 Å². The predicted molar refractivity (Wildman–Crippen MR) is 91.8 cm³/mol. The molecule has 2 nitrogen and oxygen atoms in total. The molecule has 0 aliphatic carbocycles. The topological polar surface area (TPSA) is 35.2 Å². The van der Waals surface area contributed by atoms with Gasteiger partial charge in [-0.3, -0.25) is 0 Å². The van der Waals surface area contributed by atoms with Crippen LogP contribution >= 0.6 is 15.9 Å². The van der Waals surface area contributed by atoms with Crippen molar-refractivity contribution < 1.29 is 4.74 Å². The molecule has 0 aromatic heterocycles. The molecule has 0 spiro atoms. The standard InChI is InChI=1S/C18H22BrNO/c1-13(2)21-18-8-3-5-14(10-18)9-16(12-20)15-6-4-7-17(19)11-15/h3-8,10-11,13,16H,9,12,20H2,1-2H3. The summed E-state index contributed by atoms with van der Waals surface area (Å²) in [5.74, 6) is 1.24. The maximum atomic E-state index is 5.97. The summed E-state index contributed by atoms with van der Waals surface area (Å²) in [5, 5.41) is 0. The number of nitrogens with two attached hydrogens (primary N) is 1. The second kappa shape index (κ2) is 7.62. The predicted octanol–water partition coefficient (Wildman–Crippen LogP) is 4.52. The lowest BCUT2D eigenvalue weighted by molar-refractivity contribution is 0.242. The summed E-state index contributed by atoms with van der Waals surface area (Å²) in [7, 11) is 0. The van der Waals surface area contributed by atoms with Crippen molar-refractivity contribution in [1.82, 2.24) is 0 Å².